The summed E-state index contributed by atoms with van der Waals surface area (Å²) in [5.74, 6) is 2.38. The first kappa shape index (κ1) is 17.3. The standard InChI is InChI=1S/C19H20N4OS2/c24-13-8-9-16-17(12-13)23-19(22-16)26-11-5-1-4-10-25-18-20-14-6-2-3-7-15(14)21-18/h2-3,6-9,12,24H,1,4-5,10-11H2,(H,20,21)(H,22,23). The van der Waals surface area contributed by atoms with Gasteiger partial charge in [0.05, 0.1) is 22.1 Å². The van der Waals surface area contributed by atoms with E-state index in [-0.39, 0.29) is 5.75 Å². The van der Waals surface area contributed by atoms with Gasteiger partial charge in [-0.15, -0.1) is 0 Å². The van der Waals surface area contributed by atoms with E-state index >= 15 is 0 Å². The molecule has 0 atom stereocenters. The maximum absolute atomic E-state index is 9.50. The summed E-state index contributed by atoms with van der Waals surface area (Å²) < 4.78 is 0. The van der Waals surface area contributed by atoms with Gasteiger partial charge >= 0.3 is 0 Å². The van der Waals surface area contributed by atoms with Gasteiger partial charge in [0.15, 0.2) is 10.3 Å². The van der Waals surface area contributed by atoms with Gasteiger partial charge in [-0.2, -0.15) is 0 Å². The van der Waals surface area contributed by atoms with Crippen LogP contribution in [0.1, 0.15) is 19.3 Å². The highest BCUT2D eigenvalue weighted by atomic mass is 32.2. The molecule has 0 amide bonds. The molecule has 0 unspecified atom stereocenters. The zero-order valence-corrected chi connectivity index (χ0v) is 15.9. The van der Waals surface area contributed by atoms with Crippen LogP contribution < -0.4 is 0 Å². The van der Waals surface area contributed by atoms with Crippen molar-refractivity contribution in [3.63, 3.8) is 0 Å². The van der Waals surface area contributed by atoms with Crippen molar-refractivity contribution in [3.8, 4) is 5.75 Å². The number of para-hydroxylation sites is 2. The predicted molar refractivity (Wildman–Crippen MR) is 109 cm³/mol. The molecule has 0 aliphatic carbocycles. The van der Waals surface area contributed by atoms with Crippen molar-refractivity contribution in [2.45, 2.75) is 29.6 Å². The Morgan fingerprint density at radius 3 is 2.15 bits per heavy atom. The average Bonchev–Trinajstić information content (AvgIpc) is 3.23. The van der Waals surface area contributed by atoms with Crippen LogP contribution in [0.25, 0.3) is 22.1 Å². The molecule has 0 radical (unpaired) electrons. The zero-order valence-electron chi connectivity index (χ0n) is 14.2. The number of phenols is 1. The van der Waals surface area contributed by atoms with Gasteiger partial charge in [-0.3, -0.25) is 0 Å². The topological polar surface area (TPSA) is 77.6 Å². The fraction of sp³-hybridized carbons (Fsp3) is 0.263. The van der Waals surface area contributed by atoms with E-state index in [0.29, 0.717) is 0 Å². The number of aromatic nitrogens is 4. The van der Waals surface area contributed by atoms with Gasteiger partial charge in [0.2, 0.25) is 0 Å². The van der Waals surface area contributed by atoms with Crippen molar-refractivity contribution in [2.24, 2.45) is 0 Å². The fourth-order valence-corrected chi connectivity index (χ4v) is 4.53. The van der Waals surface area contributed by atoms with E-state index in [4.69, 9.17) is 0 Å². The van der Waals surface area contributed by atoms with Gasteiger partial charge in [0, 0.05) is 17.6 Å². The molecule has 0 saturated heterocycles. The smallest absolute Gasteiger partial charge is 0.166 e. The summed E-state index contributed by atoms with van der Waals surface area (Å²) >= 11 is 3.53. The van der Waals surface area contributed by atoms with Crippen molar-refractivity contribution in [1.29, 1.82) is 0 Å². The first-order valence-corrected chi connectivity index (χ1v) is 10.6. The first-order chi connectivity index (χ1) is 12.8. The Morgan fingerprint density at radius 1 is 0.769 bits per heavy atom. The summed E-state index contributed by atoms with van der Waals surface area (Å²) in [4.78, 5) is 15.7. The van der Waals surface area contributed by atoms with Gasteiger partial charge in [-0.05, 0) is 37.1 Å². The molecule has 0 aliphatic rings. The molecule has 5 nitrogen and oxygen atoms in total. The lowest BCUT2D eigenvalue weighted by molar-refractivity contribution is 0.476. The predicted octanol–water partition coefficient (Wildman–Crippen LogP) is 5.20. The van der Waals surface area contributed by atoms with Gasteiger partial charge in [0.1, 0.15) is 5.75 Å². The quantitative estimate of drug-likeness (QED) is 0.287. The molecule has 4 rings (SSSR count). The Kier molecular flexibility index (Phi) is 5.36. The molecule has 2 heterocycles. The van der Waals surface area contributed by atoms with Gasteiger partial charge in [0.25, 0.3) is 0 Å². The molecule has 0 saturated carbocycles. The molecule has 134 valence electrons. The maximum atomic E-state index is 9.50. The van der Waals surface area contributed by atoms with E-state index in [2.05, 4.69) is 26.0 Å². The van der Waals surface area contributed by atoms with E-state index in [9.17, 15) is 5.11 Å². The third kappa shape index (κ3) is 4.16. The van der Waals surface area contributed by atoms with Crippen LogP contribution in [0, 0.1) is 0 Å². The molecule has 2 aromatic heterocycles. The van der Waals surface area contributed by atoms with Gasteiger partial charge in [-0.25, -0.2) is 9.97 Å². The van der Waals surface area contributed by atoms with Crippen LogP contribution in [0.3, 0.4) is 0 Å². The minimum Gasteiger partial charge on any atom is -0.508 e. The maximum Gasteiger partial charge on any atom is 0.166 e. The molecule has 2 aromatic carbocycles. The van der Waals surface area contributed by atoms with Crippen molar-refractivity contribution in [3.05, 3.63) is 42.5 Å². The number of rotatable bonds is 8. The second-order valence-electron chi connectivity index (χ2n) is 6.06. The lowest BCUT2D eigenvalue weighted by Crippen LogP contribution is -1.86. The molecule has 7 heteroatoms. The Labute approximate surface area is 160 Å². The number of aromatic hydroxyl groups is 1. The Hall–Kier alpha value is -2.12. The van der Waals surface area contributed by atoms with Crippen molar-refractivity contribution in [2.75, 3.05) is 11.5 Å². The number of unbranched alkanes of at least 4 members (excludes halogenated alkanes) is 2. The summed E-state index contributed by atoms with van der Waals surface area (Å²) in [5.41, 5.74) is 3.92. The Balaban J connectivity index is 1.16. The summed E-state index contributed by atoms with van der Waals surface area (Å²) in [6, 6.07) is 13.3. The van der Waals surface area contributed by atoms with Crippen LogP contribution in [-0.4, -0.2) is 36.5 Å². The minimum atomic E-state index is 0.264. The van der Waals surface area contributed by atoms with E-state index in [1.54, 1.807) is 35.7 Å². The monoisotopic (exact) mass is 384 g/mol. The molecule has 4 aromatic rings. The number of hydrogen-bond donors (Lipinski definition) is 3. The third-order valence-corrected chi connectivity index (χ3v) is 6.00. The highest BCUT2D eigenvalue weighted by molar-refractivity contribution is 7.99. The van der Waals surface area contributed by atoms with E-state index in [0.717, 1.165) is 50.3 Å². The number of H-pyrrole nitrogens is 2. The second-order valence-corrected chi connectivity index (χ2v) is 8.23. The third-order valence-electron chi connectivity index (χ3n) is 4.08. The Bertz CT molecular complexity index is 978. The molecule has 0 aliphatic heterocycles. The number of aromatic amines is 2. The van der Waals surface area contributed by atoms with Crippen molar-refractivity contribution in [1.82, 2.24) is 19.9 Å². The summed E-state index contributed by atoms with van der Waals surface area (Å²) in [7, 11) is 0. The van der Waals surface area contributed by atoms with Crippen molar-refractivity contribution < 1.29 is 5.11 Å². The highest BCUT2D eigenvalue weighted by Crippen LogP contribution is 2.24. The van der Waals surface area contributed by atoms with E-state index in [1.165, 1.54) is 12.8 Å². The van der Waals surface area contributed by atoms with Crippen LogP contribution >= 0.6 is 23.5 Å². The fourth-order valence-electron chi connectivity index (χ4n) is 2.76. The SMILES string of the molecule is Oc1ccc2nc(SCCCCCSc3nc4ccccc4[nH]3)[nH]c2c1. The minimum absolute atomic E-state index is 0.264. The number of thioether (sulfide) groups is 2. The van der Waals surface area contributed by atoms with Crippen LogP contribution in [0.2, 0.25) is 0 Å². The Morgan fingerprint density at radius 2 is 1.42 bits per heavy atom. The zero-order chi connectivity index (χ0) is 17.8. The molecular formula is C19H20N4OS2. The second kappa shape index (κ2) is 8.05. The number of hydrogen-bond acceptors (Lipinski definition) is 5. The molecule has 0 fully saturated rings. The van der Waals surface area contributed by atoms with E-state index < -0.39 is 0 Å². The summed E-state index contributed by atoms with van der Waals surface area (Å²) in [6.45, 7) is 0. The lowest BCUT2D eigenvalue weighted by atomic mass is 10.3. The number of phenolic OH excluding ortho intramolecular Hbond substituents is 1. The van der Waals surface area contributed by atoms with Crippen LogP contribution in [-0.2, 0) is 0 Å². The van der Waals surface area contributed by atoms with E-state index in [1.807, 2.05) is 24.3 Å². The van der Waals surface area contributed by atoms with Crippen LogP contribution in [0.4, 0.5) is 0 Å². The number of nitrogens with one attached hydrogen (secondary N) is 2. The molecule has 26 heavy (non-hydrogen) atoms. The van der Waals surface area contributed by atoms with Gasteiger partial charge < -0.3 is 15.1 Å². The van der Waals surface area contributed by atoms with Crippen LogP contribution in [0.5, 0.6) is 5.75 Å². The lowest BCUT2D eigenvalue weighted by Gasteiger charge is -1.99. The molecular weight excluding hydrogens is 364 g/mol. The van der Waals surface area contributed by atoms with Crippen molar-refractivity contribution >= 4 is 45.6 Å². The first-order valence-electron chi connectivity index (χ1n) is 8.67. The van der Waals surface area contributed by atoms with Crippen LogP contribution in [0.15, 0.2) is 52.8 Å². The number of nitrogens with zero attached hydrogens (tertiary/aromatic N) is 2. The average molecular weight is 385 g/mol. The largest absolute Gasteiger partial charge is 0.508 e. The highest BCUT2D eigenvalue weighted by Gasteiger charge is 2.05. The molecule has 0 spiro atoms. The normalized spacial score (nSPS) is 11.5. The molecule has 3 N–H and O–H groups in total. The number of imidazole rings is 2. The summed E-state index contributed by atoms with van der Waals surface area (Å²) in [5, 5.41) is 11.4. The number of fused-ring (bicyclic) bond motifs is 2. The van der Waals surface area contributed by atoms with Gasteiger partial charge in [-0.1, -0.05) is 42.1 Å². The number of benzene rings is 2. The summed E-state index contributed by atoms with van der Waals surface area (Å²) in [6.07, 6.45) is 3.53. The molecule has 0 bridgehead atoms.